The lowest BCUT2D eigenvalue weighted by molar-refractivity contribution is 0.375. The first-order chi connectivity index (χ1) is 6.69. The average Bonchev–Trinajstić information content (AvgIpc) is 2.19. The monoisotopic (exact) mass is 193 g/mol. The molecular formula is C11H19N3. The maximum absolute atomic E-state index is 5.54. The summed E-state index contributed by atoms with van der Waals surface area (Å²) in [4.78, 5) is 4.34. The third-order valence-corrected chi connectivity index (χ3v) is 2.65. The number of aromatic nitrogens is 1. The Morgan fingerprint density at radius 2 is 2.29 bits per heavy atom. The molecule has 1 heterocycles. The number of pyridine rings is 1. The van der Waals surface area contributed by atoms with Gasteiger partial charge in [0.25, 0.3) is 0 Å². The molecule has 0 saturated carbocycles. The molecule has 0 aliphatic carbocycles. The van der Waals surface area contributed by atoms with E-state index in [1.807, 2.05) is 12.3 Å². The van der Waals surface area contributed by atoms with Crippen LogP contribution < -0.4 is 11.3 Å². The van der Waals surface area contributed by atoms with Gasteiger partial charge in [0.15, 0.2) is 0 Å². The quantitative estimate of drug-likeness (QED) is 0.567. The molecule has 3 heteroatoms. The van der Waals surface area contributed by atoms with E-state index in [9.17, 15) is 0 Å². The van der Waals surface area contributed by atoms with E-state index in [0.29, 0.717) is 5.92 Å². The smallest absolute Gasteiger partial charge is 0.0657 e. The molecule has 3 nitrogen and oxygen atoms in total. The molecule has 3 N–H and O–H groups in total. The van der Waals surface area contributed by atoms with Gasteiger partial charge in [-0.25, -0.2) is 0 Å². The summed E-state index contributed by atoms with van der Waals surface area (Å²) in [6.07, 6.45) is 2.92. The van der Waals surface area contributed by atoms with Gasteiger partial charge in [0.2, 0.25) is 0 Å². The van der Waals surface area contributed by atoms with Gasteiger partial charge in [-0.3, -0.25) is 16.3 Å². The SMILES string of the molecule is CCC(C)C(NN)c1cc(C)ccn1. The molecule has 0 aliphatic rings. The van der Waals surface area contributed by atoms with E-state index < -0.39 is 0 Å². The Balaban J connectivity index is 2.89. The van der Waals surface area contributed by atoms with Crippen molar-refractivity contribution in [1.29, 1.82) is 0 Å². The number of rotatable bonds is 4. The van der Waals surface area contributed by atoms with Crippen LogP contribution in [0.1, 0.15) is 37.6 Å². The third kappa shape index (κ3) is 2.53. The van der Waals surface area contributed by atoms with Crippen molar-refractivity contribution in [2.75, 3.05) is 0 Å². The van der Waals surface area contributed by atoms with Gasteiger partial charge in [-0.05, 0) is 30.5 Å². The molecule has 0 bridgehead atoms. The molecule has 2 unspecified atom stereocenters. The van der Waals surface area contributed by atoms with Crippen molar-refractivity contribution in [2.45, 2.75) is 33.2 Å². The van der Waals surface area contributed by atoms with E-state index >= 15 is 0 Å². The summed E-state index contributed by atoms with van der Waals surface area (Å²) >= 11 is 0. The zero-order chi connectivity index (χ0) is 10.6. The van der Waals surface area contributed by atoms with Gasteiger partial charge < -0.3 is 0 Å². The number of hydrazine groups is 1. The normalized spacial score (nSPS) is 15.1. The van der Waals surface area contributed by atoms with Crippen molar-refractivity contribution >= 4 is 0 Å². The number of aryl methyl sites for hydroxylation is 1. The summed E-state index contributed by atoms with van der Waals surface area (Å²) in [5.41, 5.74) is 5.08. The fraction of sp³-hybridized carbons (Fsp3) is 0.545. The van der Waals surface area contributed by atoms with Crippen LogP contribution in [0.4, 0.5) is 0 Å². The predicted octanol–water partition coefficient (Wildman–Crippen LogP) is 1.94. The second kappa shape index (κ2) is 5.08. The molecule has 1 aromatic rings. The molecule has 78 valence electrons. The van der Waals surface area contributed by atoms with Crippen LogP contribution in [0.3, 0.4) is 0 Å². The van der Waals surface area contributed by atoms with Crippen LogP contribution in [0.2, 0.25) is 0 Å². The zero-order valence-electron chi connectivity index (χ0n) is 9.12. The predicted molar refractivity (Wildman–Crippen MR) is 58.5 cm³/mol. The molecule has 0 saturated heterocycles. The molecule has 1 rings (SSSR count). The van der Waals surface area contributed by atoms with Gasteiger partial charge in [0.1, 0.15) is 0 Å². The number of nitrogens with one attached hydrogen (secondary N) is 1. The highest BCUT2D eigenvalue weighted by molar-refractivity contribution is 5.17. The van der Waals surface area contributed by atoms with Crippen molar-refractivity contribution < 1.29 is 0 Å². The number of nitrogens with zero attached hydrogens (tertiary/aromatic N) is 1. The van der Waals surface area contributed by atoms with Gasteiger partial charge in [0.05, 0.1) is 11.7 Å². The van der Waals surface area contributed by atoms with E-state index in [-0.39, 0.29) is 6.04 Å². The van der Waals surface area contributed by atoms with Crippen LogP contribution in [0.5, 0.6) is 0 Å². The minimum atomic E-state index is 0.153. The topological polar surface area (TPSA) is 50.9 Å². The lowest BCUT2D eigenvalue weighted by atomic mass is 9.96. The molecule has 0 radical (unpaired) electrons. The van der Waals surface area contributed by atoms with E-state index in [0.717, 1.165) is 12.1 Å². The second-order valence-corrected chi connectivity index (χ2v) is 3.79. The van der Waals surface area contributed by atoms with Gasteiger partial charge in [-0.2, -0.15) is 0 Å². The number of hydrogen-bond donors (Lipinski definition) is 2. The van der Waals surface area contributed by atoms with Crippen molar-refractivity contribution in [1.82, 2.24) is 10.4 Å². The largest absolute Gasteiger partial charge is 0.271 e. The summed E-state index contributed by atoms with van der Waals surface area (Å²) in [5.74, 6) is 6.04. The lowest BCUT2D eigenvalue weighted by Gasteiger charge is -2.21. The van der Waals surface area contributed by atoms with Crippen LogP contribution >= 0.6 is 0 Å². The van der Waals surface area contributed by atoms with Gasteiger partial charge in [-0.15, -0.1) is 0 Å². The summed E-state index contributed by atoms with van der Waals surface area (Å²) in [5, 5.41) is 0. The highest BCUT2D eigenvalue weighted by atomic mass is 15.2. The summed E-state index contributed by atoms with van der Waals surface area (Å²) < 4.78 is 0. The first kappa shape index (κ1) is 11.1. The van der Waals surface area contributed by atoms with Crippen molar-refractivity contribution in [3.63, 3.8) is 0 Å². The summed E-state index contributed by atoms with van der Waals surface area (Å²) in [6.45, 7) is 6.40. The van der Waals surface area contributed by atoms with Crippen LogP contribution in [-0.2, 0) is 0 Å². The first-order valence-corrected chi connectivity index (χ1v) is 5.07. The zero-order valence-corrected chi connectivity index (χ0v) is 9.12. The number of hydrogen-bond acceptors (Lipinski definition) is 3. The molecule has 1 aromatic heterocycles. The van der Waals surface area contributed by atoms with Crippen LogP contribution in [0, 0.1) is 12.8 Å². The Kier molecular flexibility index (Phi) is 4.04. The van der Waals surface area contributed by atoms with Gasteiger partial charge in [-0.1, -0.05) is 20.3 Å². The summed E-state index contributed by atoms with van der Waals surface area (Å²) in [6, 6.07) is 4.23. The van der Waals surface area contributed by atoms with E-state index in [4.69, 9.17) is 5.84 Å². The van der Waals surface area contributed by atoms with Crippen LogP contribution in [0.25, 0.3) is 0 Å². The lowest BCUT2D eigenvalue weighted by Crippen LogP contribution is -2.33. The van der Waals surface area contributed by atoms with Gasteiger partial charge >= 0.3 is 0 Å². The molecule has 0 aliphatic heterocycles. The molecule has 0 amide bonds. The highest BCUT2D eigenvalue weighted by Crippen LogP contribution is 2.22. The second-order valence-electron chi connectivity index (χ2n) is 3.79. The average molecular weight is 193 g/mol. The maximum atomic E-state index is 5.54. The minimum absolute atomic E-state index is 0.153. The van der Waals surface area contributed by atoms with Crippen LogP contribution in [0.15, 0.2) is 18.3 Å². The molecule has 0 fully saturated rings. The van der Waals surface area contributed by atoms with Crippen molar-refractivity contribution in [3.05, 3.63) is 29.6 Å². The molecule has 2 atom stereocenters. The minimum Gasteiger partial charge on any atom is -0.271 e. The Morgan fingerprint density at radius 3 is 2.79 bits per heavy atom. The molecule has 14 heavy (non-hydrogen) atoms. The molecule has 0 aromatic carbocycles. The van der Waals surface area contributed by atoms with Crippen LogP contribution in [-0.4, -0.2) is 4.98 Å². The fourth-order valence-electron chi connectivity index (χ4n) is 1.51. The third-order valence-electron chi connectivity index (χ3n) is 2.65. The van der Waals surface area contributed by atoms with E-state index in [1.54, 1.807) is 0 Å². The number of nitrogens with two attached hydrogens (primary N) is 1. The standard InChI is InChI=1S/C11H19N3/c1-4-9(3)11(14-12)10-7-8(2)5-6-13-10/h5-7,9,11,14H,4,12H2,1-3H3. The first-order valence-electron chi connectivity index (χ1n) is 5.07. The Labute approximate surface area is 85.7 Å². The van der Waals surface area contributed by atoms with Crippen molar-refractivity contribution in [3.8, 4) is 0 Å². The van der Waals surface area contributed by atoms with E-state index in [2.05, 4.69) is 37.2 Å². The highest BCUT2D eigenvalue weighted by Gasteiger charge is 2.17. The Hall–Kier alpha value is -0.930. The fourth-order valence-corrected chi connectivity index (χ4v) is 1.51. The molecule has 0 spiro atoms. The van der Waals surface area contributed by atoms with Gasteiger partial charge in [0, 0.05) is 6.20 Å². The van der Waals surface area contributed by atoms with E-state index in [1.165, 1.54) is 5.56 Å². The Morgan fingerprint density at radius 1 is 1.57 bits per heavy atom. The Bertz CT molecular complexity index is 286. The van der Waals surface area contributed by atoms with Crippen molar-refractivity contribution in [2.24, 2.45) is 11.8 Å². The summed E-state index contributed by atoms with van der Waals surface area (Å²) in [7, 11) is 0. The molecular weight excluding hydrogens is 174 g/mol. The maximum Gasteiger partial charge on any atom is 0.0657 e.